The highest BCUT2D eigenvalue weighted by Gasteiger charge is 2.38. The van der Waals surface area contributed by atoms with Crippen molar-refractivity contribution in [3.63, 3.8) is 0 Å². The number of benzene rings is 6. The van der Waals surface area contributed by atoms with Crippen molar-refractivity contribution in [1.29, 1.82) is 0 Å². The molecule has 0 spiro atoms. The number of pyridine rings is 1. The number of imidazole rings is 1. The molecule has 1 aliphatic rings. The van der Waals surface area contributed by atoms with E-state index in [0.29, 0.717) is 11.4 Å². The third-order valence-electron chi connectivity index (χ3n) is 10.1. The van der Waals surface area contributed by atoms with Crippen molar-refractivity contribution in [2.45, 2.75) is 26.1 Å². The molecule has 50 heavy (non-hydrogen) atoms. The fourth-order valence-corrected chi connectivity index (χ4v) is 7.69. The van der Waals surface area contributed by atoms with Crippen LogP contribution in [0.25, 0.3) is 72.7 Å². The number of aromatic hydroxyl groups is 1. The number of rotatable bonds is 5. The van der Waals surface area contributed by atoms with Crippen LogP contribution in [0.2, 0.25) is 0 Å². The highest BCUT2D eigenvalue weighted by Crippen LogP contribution is 2.54. The van der Waals surface area contributed by atoms with Crippen LogP contribution in [0.3, 0.4) is 0 Å². The number of aromatic nitrogens is 3. The van der Waals surface area contributed by atoms with Crippen molar-refractivity contribution in [2.75, 3.05) is 0 Å². The lowest BCUT2D eigenvalue weighted by molar-refractivity contribution is 0.477. The molecule has 1 N–H and O–H groups in total. The molecule has 240 valence electrons. The Labute approximate surface area is 296 Å². The molecule has 8 aromatic rings. The van der Waals surface area contributed by atoms with Crippen molar-refractivity contribution < 1.29 is 9.22 Å². The van der Waals surface area contributed by atoms with Crippen molar-refractivity contribution in [3.8, 4) is 67.5 Å². The van der Waals surface area contributed by atoms with Crippen LogP contribution in [0.1, 0.15) is 34.7 Å². The van der Waals surface area contributed by atoms with Crippen molar-refractivity contribution >= 4 is 11.0 Å². The molecule has 4 nitrogen and oxygen atoms in total. The van der Waals surface area contributed by atoms with Gasteiger partial charge < -0.3 is 5.11 Å². The van der Waals surface area contributed by atoms with E-state index in [4.69, 9.17) is 14.1 Å². The molecule has 2 heterocycles. The molecule has 0 unspecified atom stereocenters. The van der Waals surface area contributed by atoms with Gasteiger partial charge in [0.15, 0.2) is 0 Å². The van der Waals surface area contributed by atoms with Crippen LogP contribution < -0.4 is 0 Å². The van der Waals surface area contributed by atoms with Crippen LogP contribution in [0.4, 0.5) is 0 Å². The van der Waals surface area contributed by atoms with Crippen LogP contribution in [-0.2, 0) is 5.41 Å². The molecule has 9 rings (SSSR count). The molecule has 1 aliphatic carbocycles. The number of nitrogens with zero attached hydrogens (tertiary/aromatic N) is 3. The Morgan fingerprint density at radius 2 is 1.38 bits per heavy atom. The first-order valence-corrected chi connectivity index (χ1v) is 16.8. The van der Waals surface area contributed by atoms with E-state index in [-0.39, 0.29) is 16.7 Å². The number of phenols is 1. The highest BCUT2D eigenvalue weighted by molar-refractivity contribution is 6.03. The van der Waals surface area contributed by atoms with Crippen LogP contribution in [0.15, 0.2) is 152 Å². The average molecular weight is 649 g/mol. The van der Waals surface area contributed by atoms with Gasteiger partial charge in [-0.05, 0) is 94.8 Å². The summed E-state index contributed by atoms with van der Waals surface area (Å²) >= 11 is 0. The standard InChI is InChI=1S/C46H35N3O/c1-29-23-24-40(35(26-29)30-14-5-4-6-15-30)49-41-21-13-18-32(44(41)48-45(49)34-17-8-10-22-42(34)50)36-27-31(39-20-11-12-25-47-39)28-38-43(36)33-16-7-9-19-37(33)46(38,2)3/h4-28,50H,1-3H3/i1D3. The van der Waals surface area contributed by atoms with Gasteiger partial charge in [-0.2, -0.15) is 0 Å². The maximum atomic E-state index is 11.3. The van der Waals surface area contributed by atoms with Crippen molar-refractivity contribution in [2.24, 2.45) is 0 Å². The van der Waals surface area contributed by atoms with Gasteiger partial charge in [0.25, 0.3) is 0 Å². The SMILES string of the molecule is [2H]C([2H])([2H])c1ccc(-n2c(-c3ccccc3O)nc3c(-c4cc(-c5ccccn5)cc5c4-c4ccccc4C5(C)C)cccc32)c(-c2ccccc2)c1. The number of hydrogen-bond donors (Lipinski definition) is 1. The Kier molecular flexibility index (Phi) is 6.09. The average Bonchev–Trinajstić information content (AvgIpc) is 3.67. The second kappa shape index (κ2) is 11.4. The fourth-order valence-electron chi connectivity index (χ4n) is 7.69. The van der Waals surface area contributed by atoms with E-state index in [9.17, 15) is 5.11 Å². The summed E-state index contributed by atoms with van der Waals surface area (Å²) in [4.78, 5) is 10.1. The lowest BCUT2D eigenvalue weighted by Crippen LogP contribution is -2.15. The molecule has 0 amide bonds. The molecular formula is C46H35N3O. The van der Waals surface area contributed by atoms with Gasteiger partial charge in [0.2, 0.25) is 0 Å². The molecule has 0 aliphatic heterocycles. The molecular weight excluding hydrogens is 611 g/mol. The predicted octanol–water partition coefficient (Wildman–Crippen LogP) is 11.4. The van der Waals surface area contributed by atoms with Gasteiger partial charge in [-0.25, -0.2) is 4.98 Å². The summed E-state index contributed by atoms with van der Waals surface area (Å²) in [6, 6.07) is 47.6. The normalized spacial score (nSPS) is 14.1. The lowest BCUT2D eigenvalue weighted by atomic mass is 9.81. The van der Waals surface area contributed by atoms with Crippen LogP contribution >= 0.6 is 0 Å². The maximum absolute atomic E-state index is 11.3. The predicted molar refractivity (Wildman–Crippen MR) is 205 cm³/mol. The van der Waals surface area contributed by atoms with E-state index in [1.165, 1.54) is 22.3 Å². The molecule has 0 fully saturated rings. The van der Waals surface area contributed by atoms with E-state index >= 15 is 0 Å². The zero-order chi connectivity index (χ0) is 36.5. The molecule has 0 atom stereocenters. The molecule has 0 saturated heterocycles. The summed E-state index contributed by atoms with van der Waals surface area (Å²) in [7, 11) is 0. The molecule has 6 aromatic carbocycles. The summed E-state index contributed by atoms with van der Waals surface area (Å²) in [5.74, 6) is 0.641. The van der Waals surface area contributed by atoms with Crippen molar-refractivity contribution in [1.82, 2.24) is 14.5 Å². The Balaban J connectivity index is 1.40. The monoisotopic (exact) mass is 648 g/mol. The largest absolute Gasteiger partial charge is 0.507 e. The first kappa shape index (κ1) is 26.7. The smallest absolute Gasteiger partial charge is 0.149 e. The Hall–Kier alpha value is -6.26. The van der Waals surface area contributed by atoms with Gasteiger partial charge in [-0.15, -0.1) is 0 Å². The lowest BCUT2D eigenvalue weighted by Gasteiger charge is -2.23. The third kappa shape index (κ3) is 4.60. The second-order valence-corrected chi connectivity index (χ2v) is 13.4. The summed E-state index contributed by atoms with van der Waals surface area (Å²) < 4.78 is 26.8. The number of fused-ring (bicyclic) bond motifs is 4. The number of phenolic OH excluding ortho intramolecular Hbond substituents is 1. The minimum absolute atomic E-state index is 0.0969. The third-order valence-corrected chi connectivity index (χ3v) is 10.1. The molecule has 2 aromatic heterocycles. The second-order valence-electron chi connectivity index (χ2n) is 13.4. The summed E-state index contributed by atoms with van der Waals surface area (Å²) in [5, 5.41) is 11.3. The van der Waals surface area contributed by atoms with Gasteiger partial charge in [-0.3, -0.25) is 9.55 Å². The zero-order valence-electron chi connectivity index (χ0n) is 30.7. The Morgan fingerprint density at radius 1 is 0.620 bits per heavy atom. The Bertz CT molecular complexity index is 2700. The van der Waals surface area contributed by atoms with Gasteiger partial charge in [-0.1, -0.05) is 110 Å². The minimum atomic E-state index is -2.30. The van der Waals surface area contributed by atoms with Crippen LogP contribution in [-0.4, -0.2) is 19.6 Å². The van der Waals surface area contributed by atoms with E-state index < -0.39 is 6.85 Å². The van der Waals surface area contributed by atoms with E-state index in [1.54, 1.807) is 24.3 Å². The van der Waals surface area contributed by atoms with Gasteiger partial charge in [0.1, 0.15) is 11.6 Å². The highest BCUT2D eigenvalue weighted by atomic mass is 16.3. The van der Waals surface area contributed by atoms with Crippen molar-refractivity contribution in [3.05, 3.63) is 168 Å². The Morgan fingerprint density at radius 3 is 2.18 bits per heavy atom. The molecule has 0 radical (unpaired) electrons. The van der Waals surface area contributed by atoms with E-state index in [0.717, 1.165) is 50.2 Å². The first-order valence-electron chi connectivity index (χ1n) is 18.3. The number of para-hydroxylation sites is 2. The van der Waals surface area contributed by atoms with Gasteiger partial charge in [0, 0.05) is 32.4 Å². The molecule has 0 bridgehead atoms. The van der Waals surface area contributed by atoms with Gasteiger partial charge in [0.05, 0.1) is 28.0 Å². The van der Waals surface area contributed by atoms with E-state index in [2.05, 4.69) is 66.9 Å². The number of hydrogen-bond acceptors (Lipinski definition) is 3. The summed E-state index contributed by atoms with van der Waals surface area (Å²) in [6.07, 6.45) is 1.82. The van der Waals surface area contributed by atoms with Gasteiger partial charge >= 0.3 is 0 Å². The zero-order valence-corrected chi connectivity index (χ0v) is 27.7. The summed E-state index contributed by atoms with van der Waals surface area (Å²) in [5.41, 5.74) is 13.2. The molecule has 4 heteroatoms. The topological polar surface area (TPSA) is 50.9 Å². The minimum Gasteiger partial charge on any atom is -0.507 e. The summed E-state index contributed by atoms with van der Waals surface area (Å²) in [6.45, 7) is 2.27. The molecule has 0 saturated carbocycles. The quantitative estimate of drug-likeness (QED) is 0.202. The maximum Gasteiger partial charge on any atom is 0.149 e. The van der Waals surface area contributed by atoms with Crippen LogP contribution in [0.5, 0.6) is 5.75 Å². The first-order chi connectivity index (χ1) is 25.6. The van der Waals surface area contributed by atoms with E-state index in [1.807, 2.05) is 79.0 Å². The van der Waals surface area contributed by atoms with Crippen LogP contribution in [0, 0.1) is 6.85 Å². The fraction of sp³-hybridized carbons (Fsp3) is 0.0870. The number of aryl methyl sites for hydroxylation is 1.